The van der Waals surface area contributed by atoms with Crippen LogP contribution in [0.5, 0.6) is 0 Å². The molecule has 0 atom stereocenters. The summed E-state index contributed by atoms with van der Waals surface area (Å²) < 4.78 is 0. The first-order chi connectivity index (χ1) is 5.91. The van der Waals surface area contributed by atoms with Gasteiger partial charge in [0.2, 0.25) is 0 Å². The average Bonchev–Trinajstić information content (AvgIpc) is 2.03. The molecule has 6 N–H and O–H groups in total. The van der Waals surface area contributed by atoms with Crippen LogP contribution in [0, 0.1) is 11.8 Å². The quantitative estimate of drug-likeness (QED) is 0.576. The molecule has 0 unspecified atom stereocenters. The van der Waals surface area contributed by atoms with E-state index in [9.17, 15) is 0 Å². The Morgan fingerprint density at radius 2 is 1.46 bits per heavy atom. The summed E-state index contributed by atoms with van der Waals surface area (Å²) in [4.78, 5) is 0. The molecule has 76 valence electrons. The minimum Gasteiger partial charge on any atom is -0.404 e. The van der Waals surface area contributed by atoms with Gasteiger partial charge < -0.3 is 17.2 Å². The maximum absolute atomic E-state index is 5.88. The molecule has 0 saturated carbocycles. The van der Waals surface area contributed by atoms with E-state index in [4.69, 9.17) is 17.2 Å². The Labute approximate surface area is 80.7 Å². The van der Waals surface area contributed by atoms with Crippen LogP contribution in [0.2, 0.25) is 0 Å². The maximum atomic E-state index is 5.88. The monoisotopic (exact) mass is 183 g/mol. The van der Waals surface area contributed by atoms with E-state index in [1.807, 2.05) is 27.7 Å². The summed E-state index contributed by atoms with van der Waals surface area (Å²) in [5.41, 5.74) is 19.5. The zero-order valence-electron chi connectivity index (χ0n) is 8.96. The van der Waals surface area contributed by atoms with Crippen LogP contribution in [-0.4, -0.2) is 0 Å². The fourth-order valence-electron chi connectivity index (χ4n) is 1.07. The summed E-state index contributed by atoms with van der Waals surface area (Å²) >= 11 is 0. The van der Waals surface area contributed by atoms with Gasteiger partial charge in [-0.25, -0.2) is 0 Å². The van der Waals surface area contributed by atoms with Crippen LogP contribution in [0.25, 0.3) is 0 Å². The molecule has 0 bridgehead atoms. The van der Waals surface area contributed by atoms with E-state index < -0.39 is 0 Å². The van der Waals surface area contributed by atoms with Crippen LogP contribution in [0.1, 0.15) is 27.7 Å². The number of allylic oxidation sites excluding steroid dienone is 2. The molecule has 3 nitrogen and oxygen atoms in total. The Bertz CT molecular complexity index is 224. The third kappa shape index (κ3) is 3.01. The highest BCUT2D eigenvalue weighted by molar-refractivity contribution is 5.33. The zero-order chi connectivity index (χ0) is 10.6. The molecular weight excluding hydrogens is 162 g/mol. The van der Waals surface area contributed by atoms with Crippen LogP contribution < -0.4 is 17.2 Å². The lowest BCUT2D eigenvalue weighted by atomic mass is 9.97. The molecule has 0 aromatic carbocycles. The van der Waals surface area contributed by atoms with Crippen LogP contribution in [0.15, 0.2) is 23.2 Å². The summed E-state index contributed by atoms with van der Waals surface area (Å²) in [6, 6.07) is 0. The maximum Gasteiger partial charge on any atom is 0.0557 e. The van der Waals surface area contributed by atoms with Gasteiger partial charge in [0.25, 0.3) is 0 Å². The van der Waals surface area contributed by atoms with Gasteiger partial charge in [0, 0.05) is 5.70 Å². The van der Waals surface area contributed by atoms with Crippen molar-refractivity contribution in [3.8, 4) is 0 Å². The van der Waals surface area contributed by atoms with Gasteiger partial charge in [0.15, 0.2) is 0 Å². The van der Waals surface area contributed by atoms with Crippen molar-refractivity contribution in [1.82, 2.24) is 0 Å². The molecule has 0 aliphatic heterocycles. The second kappa shape index (κ2) is 4.80. The third-order valence-electron chi connectivity index (χ3n) is 2.05. The third-order valence-corrected chi connectivity index (χ3v) is 2.05. The van der Waals surface area contributed by atoms with Crippen molar-refractivity contribution in [3.05, 3.63) is 23.2 Å². The van der Waals surface area contributed by atoms with Crippen LogP contribution >= 0.6 is 0 Å². The second-order valence-corrected chi connectivity index (χ2v) is 3.80. The molecular formula is C10H21N3. The Kier molecular flexibility index (Phi) is 4.38. The summed E-state index contributed by atoms with van der Waals surface area (Å²) in [6.07, 6.45) is 1.54. The number of rotatable bonds is 3. The van der Waals surface area contributed by atoms with Crippen molar-refractivity contribution in [2.75, 3.05) is 0 Å². The van der Waals surface area contributed by atoms with Gasteiger partial charge in [0.1, 0.15) is 0 Å². The molecule has 0 aromatic rings. The van der Waals surface area contributed by atoms with Gasteiger partial charge in [-0.15, -0.1) is 0 Å². The highest BCUT2D eigenvalue weighted by atomic mass is 14.7. The first-order valence-corrected chi connectivity index (χ1v) is 4.59. The summed E-state index contributed by atoms with van der Waals surface area (Å²) in [6.45, 7) is 8.10. The fraction of sp³-hybridized carbons (Fsp3) is 0.600. The molecule has 0 heterocycles. The molecule has 0 aromatic heterocycles. The number of nitrogens with two attached hydrogens (primary N) is 3. The SMILES string of the molecule is CC(C)C(=C/N)/C(N)=C(\N)C(C)C. The Morgan fingerprint density at radius 3 is 1.69 bits per heavy atom. The molecule has 0 aliphatic carbocycles. The van der Waals surface area contributed by atoms with E-state index in [0.717, 1.165) is 5.57 Å². The predicted molar refractivity (Wildman–Crippen MR) is 57.3 cm³/mol. The molecule has 0 radical (unpaired) electrons. The van der Waals surface area contributed by atoms with Crippen LogP contribution in [-0.2, 0) is 0 Å². The molecule has 0 fully saturated rings. The van der Waals surface area contributed by atoms with Gasteiger partial charge >= 0.3 is 0 Å². The smallest absolute Gasteiger partial charge is 0.0557 e. The van der Waals surface area contributed by atoms with E-state index in [0.29, 0.717) is 17.3 Å². The minimum atomic E-state index is 0.258. The largest absolute Gasteiger partial charge is 0.404 e. The van der Waals surface area contributed by atoms with E-state index in [1.54, 1.807) is 0 Å². The van der Waals surface area contributed by atoms with E-state index in [1.165, 1.54) is 6.20 Å². The van der Waals surface area contributed by atoms with E-state index >= 15 is 0 Å². The summed E-state index contributed by atoms with van der Waals surface area (Å²) in [7, 11) is 0. The van der Waals surface area contributed by atoms with Crippen LogP contribution in [0.3, 0.4) is 0 Å². The number of hydrogen-bond acceptors (Lipinski definition) is 3. The standard InChI is InChI=1S/C10H21N3/c1-6(2)8(5-11)10(13)9(12)7(3)4/h5-7H,11-13H2,1-4H3/b8-5-,10-9+. The van der Waals surface area contributed by atoms with Crippen molar-refractivity contribution >= 4 is 0 Å². The molecule has 0 amide bonds. The minimum absolute atomic E-state index is 0.258. The van der Waals surface area contributed by atoms with Crippen molar-refractivity contribution in [2.45, 2.75) is 27.7 Å². The van der Waals surface area contributed by atoms with Gasteiger partial charge in [-0.1, -0.05) is 27.7 Å². The molecule has 0 saturated heterocycles. The molecule has 0 aliphatic rings. The summed E-state index contributed by atoms with van der Waals surface area (Å²) in [5, 5.41) is 0. The lowest BCUT2D eigenvalue weighted by Crippen LogP contribution is -2.18. The Balaban J connectivity index is 4.95. The average molecular weight is 183 g/mol. The first kappa shape index (κ1) is 11.9. The van der Waals surface area contributed by atoms with Gasteiger partial charge in [-0.05, 0) is 23.6 Å². The van der Waals surface area contributed by atoms with Crippen molar-refractivity contribution in [2.24, 2.45) is 29.0 Å². The van der Waals surface area contributed by atoms with Crippen molar-refractivity contribution in [1.29, 1.82) is 0 Å². The Morgan fingerprint density at radius 1 is 1.00 bits per heavy atom. The predicted octanol–water partition coefficient (Wildman–Crippen LogP) is 1.27. The van der Waals surface area contributed by atoms with Gasteiger partial charge in [0.05, 0.1) is 5.70 Å². The lowest BCUT2D eigenvalue weighted by molar-refractivity contribution is 0.716. The topological polar surface area (TPSA) is 78.1 Å². The molecule has 0 spiro atoms. The normalized spacial score (nSPS) is 15.1. The summed E-state index contributed by atoms with van der Waals surface area (Å²) in [5.74, 6) is 0.566. The molecule has 0 rings (SSSR count). The van der Waals surface area contributed by atoms with Crippen molar-refractivity contribution in [3.63, 3.8) is 0 Å². The lowest BCUT2D eigenvalue weighted by Gasteiger charge is -2.16. The first-order valence-electron chi connectivity index (χ1n) is 4.59. The van der Waals surface area contributed by atoms with Crippen molar-refractivity contribution < 1.29 is 0 Å². The highest BCUT2D eigenvalue weighted by Crippen LogP contribution is 2.18. The zero-order valence-corrected chi connectivity index (χ0v) is 8.96. The van der Waals surface area contributed by atoms with E-state index in [2.05, 4.69) is 0 Å². The second-order valence-electron chi connectivity index (χ2n) is 3.80. The number of hydrogen-bond donors (Lipinski definition) is 3. The van der Waals surface area contributed by atoms with Gasteiger partial charge in [-0.2, -0.15) is 0 Å². The molecule has 3 heteroatoms. The van der Waals surface area contributed by atoms with Gasteiger partial charge in [-0.3, -0.25) is 0 Å². The molecule has 13 heavy (non-hydrogen) atoms. The highest BCUT2D eigenvalue weighted by Gasteiger charge is 2.11. The Hall–Kier alpha value is -1.12. The van der Waals surface area contributed by atoms with Crippen LogP contribution in [0.4, 0.5) is 0 Å². The fourth-order valence-corrected chi connectivity index (χ4v) is 1.07. The van der Waals surface area contributed by atoms with E-state index in [-0.39, 0.29) is 5.92 Å².